The van der Waals surface area contributed by atoms with Gasteiger partial charge in [0.2, 0.25) is 0 Å². The molecule has 0 aliphatic heterocycles. The number of aromatic nitrogens is 3. The van der Waals surface area contributed by atoms with Crippen LogP contribution < -0.4 is 0 Å². The van der Waals surface area contributed by atoms with Gasteiger partial charge in [0.05, 0.1) is 11.6 Å². The Labute approximate surface area is 216 Å². The summed E-state index contributed by atoms with van der Waals surface area (Å²) in [6, 6.07) is 30.6. The molecule has 0 unspecified atom stereocenters. The zero-order chi connectivity index (χ0) is 24.2. The minimum atomic E-state index is -0.694. The van der Waals surface area contributed by atoms with E-state index in [0.717, 1.165) is 17.3 Å². The van der Waals surface area contributed by atoms with Crippen molar-refractivity contribution in [3.8, 4) is 33.8 Å². The Kier molecular flexibility index (Phi) is 11.0. The van der Waals surface area contributed by atoms with Crippen molar-refractivity contribution < 1.29 is 28.9 Å². The Morgan fingerprint density at radius 2 is 1.09 bits per heavy atom. The molecule has 172 valence electrons. The number of pyridine rings is 3. The van der Waals surface area contributed by atoms with Crippen molar-refractivity contribution in [3.05, 3.63) is 134 Å². The molecule has 0 amide bonds. The van der Waals surface area contributed by atoms with Crippen molar-refractivity contribution in [2.24, 2.45) is 0 Å². The first-order valence-electron chi connectivity index (χ1n) is 10.1. The first-order chi connectivity index (χ1) is 16.7. The number of hydrogen-bond acceptors (Lipinski definition) is 4. The zero-order valence-electron chi connectivity index (χ0n) is 18.2. The van der Waals surface area contributed by atoms with Gasteiger partial charge in [-0.15, -0.1) is 42.0 Å². The molecular formula is C28H17F2IrN4. The van der Waals surface area contributed by atoms with Gasteiger partial charge in [-0.1, -0.05) is 53.6 Å². The molecule has 0 bridgehead atoms. The van der Waals surface area contributed by atoms with E-state index in [9.17, 15) is 8.78 Å². The number of halogens is 2. The van der Waals surface area contributed by atoms with E-state index >= 15 is 0 Å². The molecule has 0 aliphatic carbocycles. The molecule has 2 aromatic carbocycles. The molecular weight excluding hydrogens is 623 g/mol. The van der Waals surface area contributed by atoms with Gasteiger partial charge >= 0.3 is 20.1 Å². The molecule has 5 rings (SSSR count). The SMILES string of the molecule is Fc1cc(F)c(-c2ccccn2)[c-]c1-c1ccccn1.[C-]#N.[Ir+3].[c-]1ccccc1-c1ccccn1. The second kappa shape index (κ2) is 14.2. The Morgan fingerprint density at radius 3 is 1.49 bits per heavy atom. The van der Waals surface area contributed by atoms with E-state index in [1.165, 1.54) is 0 Å². The van der Waals surface area contributed by atoms with Crippen LogP contribution in [0.1, 0.15) is 0 Å². The summed E-state index contributed by atoms with van der Waals surface area (Å²) in [7, 11) is 0. The van der Waals surface area contributed by atoms with Crippen LogP contribution in [0.25, 0.3) is 33.8 Å². The van der Waals surface area contributed by atoms with Crippen LogP contribution in [0, 0.1) is 35.6 Å². The van der Waals surface area contributed by atoms with E-state index in [4.69, 9.17) is 11.8 Å². The third kappa shape index (κ3) is 7.44. The van der Waals surface area contributed by atoms with Crippen LogP contribution in [0.3, 0.4) is 0 Å². The van der Waals surface area contributed by atoms with Crippen molar-refractivity contribution >= 4 is 0 Å². The maximum atomic E-state index is 13.9. The van der Waals surface area contributed by atoms with E-state index in [1.54, 1.807) is 55.0 Å². The summed E-state index contributed by atoms with van der Waals surface area (Å²) in [6.07, 6.45) is 4.88. The van der Waals surface area contributed by atoms with Crippen LogP contribution in [0.5, 0.6) is 0 Å². The van der Waals surface area contributed by atoms with E-state index in [1.807, 2.05) is 42.5 Å². The Hall–Kier alpha value is -4.11. The minimum Gasteiger partial charge on any atom is -0.512 e. The standard InChI is InChI=1S/C16H9F2N2.C11H8N.CN.Ir/c17-13-10-14(18)12(16-6-2-4-8-20-16)9-11(13)15-5-1-3-7-19-15;1-2-6-10(7-3-1)11-8-4-5-9-12-11;1-2;/h1-8,10H;1-6,8-9H;;/q3*-1;+3. The molecule has 0 fully saturated rings. The van der Waals surface area contributed by atoms with Gasteiger partial charge in [-0.2, -0.15) is 0 Å². The Morgan fingerprint density at radius 1 is 0.629 bits per heavy atom. The average Bonchev–Trinajstić information content (AvgIpc) is 2.92. The van der Waals surface area contributed by atoms with Gasteiger partial charge in [-0.05, 0) is 23.9 Å². The molecule has 0 N–H and O–H groups in total. The monoisotopic (exact) mass is 640 g/mol. The van der Waals surface area contributed by atoms with Crippen molar-refractivity contribution in [1.82, 2.24) is 15.0 Å². The molecule has 5 aromatic rings. The summed E-state index contributed by atoms with van der Waals surface area (Å²) < 4.78 is 27.8. The second-order valence-electron chi connectivity index (χ2n) is 6.64. The van der Waals surface area contributed by atoms with Crippen LogP contribution in [-0.4, -0.2) is 15.0 Å². The predicted octanol–water partition coefficient (Wildman–Crippen LogP) is 6.53. The van der Waals surface area contributed by atoms with E-state index in [0.29, 0.717) is 11.4 Å². The van der Waals surface area contributed by atoms with E-state index < -0.39 is 11.6 Å². The Bertz CT molecular complexity index is 1220. The van der Waals surface area contributed by atoms with Crippen molar-refractivity contribution in [1.29, 1.82) is 5.26 Å². The quantitative estimate of drug-likeness (QED) is 0.211. The fourth-order valence-corrected chi connectivity index (χ4v) is 2.97. The fraction of sp³-hybridized carbons (Fsp3) is 0. The summed E-state index contributed by atoms with van der Waals surface area (Å²) in [4.78, 5) is 12.3. The molecule has 0 saturated heterocycles. The van der Waals surface area contributed by atoms with Gasteiger partial charge < -0.3 is 16.8 Å². The van der Waals surface area contributed by atoms with Crippen molar-refractivity contribution in [3.63, 3.8) is 0 Å². The van der Waals surface area contributed by atoms with Gasteiger partial charge in [0.1, 0.15) is 0 Å². The van der Waals surface area contributed by atoms with Crippen LogP contribution in [0.2, 0.25) is 0 Å². The molecule has 0 aliphatic rings. The van der Waals surface area contributed by atoms with Gasteiger partial charge in [0, 0.05) is 30.0 Å². The van der Waals surface area contributed by atoms with Crippen LogP contribution in [-0.2, 0) is 20.1 Å². The smallest absolute Gasteiger partial charge is 0.512 e. The van der Waals surface area contributed by atoms with Crippen LogP contribution in [0.4, 0.5) is 8.78 Å². The van der Waals surface area contributed by atoms with Gasteiger partial charge in [-0.25, -0.2) is 0 Å². The molecule has 0 spiro atoms. The van der Waals surface area contributed by atoms with E-state index in [2.05, 4.69) is 27.1 Å². The first-order valence-corrected chi connectivity index (χ1v) is 10.1. The zero-order valence-corrected chi connectivity index (χ0v) is 20.6. The van der Waals surface area contributed by atoms with Crippen LogP contribution >= 0.6 is 0 Å². The molecule has 3 heterocycles. The van der Waals surface area contributed by atoms with E-state index in [-0.39, 0.29) is 31.2 Å². The fourth-order valence-electron chi connectivity index (χ4n) is 2.97. The maximum absolute atomic E-state index is 13.9. The first kappa shape index (κ1) is 27.1. The van der Waals surface area contributed by atoms with Crippen LogP contribution in [0.15, 0.2) is 104 Å². The summed E-state index contributed by atoms with van der Waals surface area (Å²) >= 11 is 0. The second-order valence-corrected chi connectivity index (χ2v) is 6.64. The molecule has 7 heteroatoms. The number of nitrogens with zero attached hydrogens (tertiary/aromatic N) is 4. The van der Waals surface area contributed by atoms with Gasteiger partial charge in [-0.3, -0.25) is 18.7 Å². The van der Waals surface area contributed by atoms with Gasteiger partial charge in [0.15, 0.2) is 0 Å². The number of hydrogen-bond donors (Lipinski definition) is 0. The molecule has 3 aromatic heterocycles. The maximum Gasteiger partial charge on any atom is 3.00 e. The third-order valence-electron chi connectivity index (χ3n) is 4.47. The predicted molar refractivity (Wildman–Crippen MR) is 125 cm³/mol. The summed E-state index contributed by atoms with van der Waals surface area (Å²) in [5.41, 5.74) is 3.08. The Balaban J connectivity index is 0.000000247. The van der Waals surface area contributed by atoms with Gasteiger partial charge in [0.25, 0.3) is 0 Å². The van der Waals surface area contributed by atoms with Crippen molar-refractivity contribution in [2.45, 2.75) is 0 Å². The normalized spacial score (nSPS) is 9.37. The van der Waals surface area contributed by atoms with Crippen molar-refractivity contribution in [2.75, 3.05) is 0 Å². The number of benzene rings is 2. The topological polar surface area (TPSA) is 62.5 Å². The molecule has 35 heavy (non-hydrogen) atoms. The molecule has 4 nitrogen and oxygen atoms in total. The minimum absolute atomic E-state index is 0. The molecule has 0 radical (unpaired) electrons. The number of rotatable bonds is 3. The summed E-state index contributed by atoms with van der Waals surface area (Å²) in [5, 5.41) is 6.25. The largest absolute Gasteiger partial charge is 3.00 e. The average molecular weight is 640 g/mol. The molecule has 0 saturated carbocycles. The third-order valence-corrected chi connectivity index (χ3v) is 4.47. The molecule has 0 atom stereocenters. The summed E-state index contributed by atoms with van der Waals surface area (Å²) in [6.45, 7) is 4.75. The summed E-state index contributed by atoms with van der Waals surface area (Å²) in [5.74, 6) is -1.39.